The summed E-state index contributed by atoms with van der Waals surface area (Å²) in [6, 6.07) is 27.2. The molecule has 0 aliphatic carbocycles. The van der Waals surface area contributed by atoms with Crippen LogP contribution in [0.25, 0.3) is 0 Å². The maximum atomic E-state index is 14.2. The van der Waals surface area contributed by atoms with Gasteiger partial charge in [-0.3, -0.25) is 13.9 Å². The van der Waals surface area contributed by atoms with Crippen molar-refractivity contribution in [3.05, 3.63) is 131 Å². The quantitative estimate of drug-likeness (QED) is 0.267. The van der Waals surface area contributed by atoms with E-state index in [0.29, 0.717) is 0 Å². The van der Waals surface area contributed by atoms with Crippen LogP contribution in [0.2, 0.25) is 0 Å². The van der Waals surface area contributed by atoms with Gasteiger partial charge in [-0.2, -0.15) is 0 Å². The van der Waals surface area contributed by atoms with Gasteiger partial charge in [0.05, 0.1) is 10.6 Å². The summed E-state index contributed by atoms with van der Waals surface area (Å²) in [5.74, 6) is -1.51. The molecule has 1 N–H and O–H groups in total. The fraction of sp³-hybridized carbons (Fsp3) is 0.212. The maximum Gasteiger partial charge on any atom is 0.264 e. The number of amides is 2. The standard InChI is InChI=1S/C33H34FN3O4S/c1-24-12-16-29(17-13-24)37(42(40,41)30-18-14-28(34)15-19-30)23-32(38)36(22-27-11-7-8-25(2)20-27)31(33(39)35-3)21-26-9-5-4-6-10-26/h4-20,31H,21-23H2,1-3H3,(H,35,39)/t31-/m1/s1. The molecule has 0 saturated carbocycles. The molecular formula is C33H34FN3O4S. The first kappa shape index (κ1) is 30.5. The fourth-order valence-corrected chi connectivity index (χ4v) is 6.12. The summed E-state index contributed by atoms with van der Waals surface area (Å²) in [7, 11) is -2.78. The lowest BCUT2D eigenvalue weighted by Gasteiger charge is -2.33. The summed E-state index contributed by atoms with van der Waals surface area (Å²) in [4.78, 5) is 28.8. The third kappa shape index (κ3) is 7.41. The highest BCUT2D eigenvalue weighted by molar-refractivity contribution is 7.92. The van der Waals surface area contributed by atoms with E-state index < -0.39 is 34.3 Å². The lowest BCUT2D eigenvalue weighted by Crippen LogP contribution is -2.53. The minimum Gasteiger partial charge on any atom is -0.357 e. The maximum absolute atomic E-state index is 14.2. The van der Waals surface area contributed by atoms with Gasteiger partial charge in [-0.1, -0.05) is 77.9 Å². The first-order chi connectivity index (χ1) is 20.1. The molecule has 218 valence electrons. The van der Waals surface area contributed by atoms with Crippen molar-refractivity contribution in [2.75, 3.05) is 17.9 Å². The number of benzene rings is 4. The predicted molar refractivity (Wildman–Crippen MR) is 162 cm³/mol. The summed E-state index contributed by atoms with van der Waals surface area (Å²) < 4.78 is 42.5. The van der Waals surface area contributed by atoms with E-state index in [0.717, 1.165) is 38.7 Å². The Labute approximate surface area is 246 Å². The third-order valence-corrected chi connectivity index (χ3v) is 8.74. The smallest absolute Gasteiger partial charge is 0.264 e. The summed E-state index contributed by atoms with van der Waals surface area (Å²) in [6.45, 7) is 3.32. The number of anilines is 1. The lowest BCUT2D eigenvalue weighted by atomic mass is 10.0. The van der Waals surface area contributed by atoms with Gasteiger partial charge >= 0.3 is 0 Å². The highest BCUT2D eigenvalue weighted by atomic mass is 32.2. The molecule has 4 aromatic rings. The van der Waals surface area contributed by atoms with Crippen molar-refractivity contribution >= 4 is 27.5 Å². The van der Waals surface area contributed by atoms with Gasteiger partial charge in [-0.15, -0.1) is 0 Å². The molecule has 2 amide bonds. The minimum atomic E-state index is -4.28. The van der Waals surface area contributed by atoms with Crippen LogP contribution in [0, 0.1) is 19.7 Å². The van der Waals surface area contributed by atoms with Crippen molar-refractivity contribution < 1.29 is 22.4 Å². The van der Waals surface area contributed by atoms with E-state index in [2.05, 4.69) is 5.32 Å². The zero-order chi connectivity index (χ0) is 30.3. The molecule has 0 aliphatic heterocycles. The molecule has 9 heteroatoms. The largest absolute Gasteiger partial charge is 0.357 e. The lowest BCUT2D eigenvalue weighted by molar-refractivity contribution is -0.139. The summed E-state index contributed by atoms with van der Waals surface area (Å²) >= 11 is 0. The van der Waals surface area contributed by atoms with Crippen LogP contribution >= 0.6 is 0 Å². The number of hydrogen-bond acceptors (Lipinski definition) is 4. The van der Waals surface area contributed by atoms with Crippen LogP contribution in [0.15, 0.2) is 108 Å². The van der Waals surface area contributed by atoms with Gasteiger partial charge < -0.3 is 10.2 Å². The molecule has 0 heterocycles. The number of likely N-dealkylation sites (N-methyl/N-ethyl adjacent to an activating group) is 1. The molecule has 0 radical (unpaired) electrons. The Balaban J connectivity index is 1.78. The SMILES string of the molecule is CNC(=O)[C@@H](Cc1ccccc1)N(Cc1cccc(C)c1)C(=O)CN(c1ccc(C)cc1)S(=O)(=O)c1ccc(F)cc1. The van der Waals surface area contributed by atoms with Gasteiger partial charge in [0.2, 0.25) is 11.8 Å². The third-order valence-electron chi connectivity index (χ3n) is 6.96. The summed E-state index contributed by atoms with van der Waals surface area (Å²) in [5, 5.41) is 2.67. The average Bonchev–Trinajstić information content (AvgIpc) is 2.98. The Bertz CT molecular complexity index is 1630. The Hall–Kier alpha value is -4.50. The number of hydrogen-bond donors (Lipinski definition) is 1. The second-order valence-corrected chi connectivity index (χ2v) is 12.0. The molecule has 0 spiro atoms. The molecule has 0 bridgehead atoms. The fourth-order valence-electron chi connectivity index (χ4n) is 4.70. The van der Waals surface area contributed by atoms with E-state index in [9.17, 15) is 22.4 Å². The molecule has 1 atom stereocenters. The Kier molecular flexibility index (Phi) is 9.75. The Morgan fingerprint density at radius 1 is 0.810 bits per heavy atom. The zero-order valence-electron chi connectivity index (χ0n) is 23.8. The van der Waals surface area contributed by atoms with E-state index in [1.165, 1.54) is 24.1 Å². The number of carbonyl (C=O) groups excluding carboxylic acids is 2. The van der Waals surface area contributed by atoms with E-state index in [-0.39, 0.29) is 29.5 Å². The molecule has 0 aromatic heterocycles. The minimum absolute atomic E-state index is 0.0871. The van der Waals surface area contributed by atoms with Crippen LogP contribution in [0.3, 0.4) is 0 Å². The van der Waals surface area contributed by atoms with Crippen molar-refractivity contribution in [1.29, 1.82) is 0 Å². The van der Waals surface area contributed by atoms with Crippen LogP contribution in [0.4, 0.5) is 10.1 Å². The zero-order valence-corrected chi connectivity index (χ0v) is 24.6. The van der Waals surface area contributed by atoms with Crippen molar-refractivity contribution in [2.45, 2.75) is 37.8 Å². The number of carbonyl (C=O) groups is 2. The average molecular weight is 588 g/mol. The van der Waals surface area contributed by atoms with Crippen molar-refractivity contribution in [2.24, 2.45) is 0 Å². The summed E-state index contributed by atoms with van der Waals surface area (Å²) in [6.07, 6.45) is 0.229. The highest BCUT2D eigenvalue weighted by Crippen LogP contribution is 2.26. The molecule has 4 aromatic carbocycles. The number of nitrogens with one attached hydrogen (secondary N) is 1. The van der Waals surface area contributed by atoms with E-state index >= 15 is 0 Å². The topological polar surface area (TPSA) is 86.8 Å². The van der Waals surface area contributed by atoms with Gasteiger partial charge in [0.15, 0.2) is 0 Å². The molecule has 0 aliphatic rings. The molecular weight excluding hydrogens is 553 g/mol. The number of nitrogens with zero attached hydrogens (tertiary/aromatic N) is 2. The van der Waals surface area contributed by atoms with Gasteiger partial charge in [0, 0.05) is 20.0 Å². The molecule has 0 fully saturated rings. The van der Waals surface area contributed by atoms with E-state index in [1.807, 2.05) is 68.4 Å². The monoisotopic (exact) mass is 587 g/mol. The summed E-state index contributed by atoms with van der Waals surface area (Å²) in [5.41, 5.74) is 3.82. The van der Waals surface area contributed by atoms with Crippen molar-refractivity contribution in [3.63, 3.8) is 0 Å². The van der Waals surface area contributed by atoms with Crippen LogP contribution in [0.1, 0.15) is 22.3 Å². The second kappa shape index (κ2) is 13.4. The normalized spacial score (nSPS) is 11.9. The number of rotatable bonds is 11. The second-order valence-electron chi connectivity index (χ2n) is 10.1. The van der Waals surface area contributed by atoms with E-state index in [1.54, 1.807) is 24.3 Å². The highest BCUT2D eigenvalue weighted by Gasteiger charge is 2.34. The first-order valence-corrected chi connectivity index (χ1v) is 15.0. The predicted octanol–water partition coefficient (Wildman–Crippen LogP) is 5.02. The van der Waals surface area contributed by atoms with Crippen molar-refractivity contribution in [1.82, 2.24) is 10.2 Å². The van der Waals surface area contributed by atoms with Gasteiger partial charge in [-0.25, -0.2) is 12.8 Å². The van der Waals surface area contributed by atoms with Crippen LogP contribution in [-0.2, 0) is 32.6 Å². The molecule has 42 heavy (non-hydrogen) atoms. The molecule has 0 saturated heterocycles. The number of sulfonamides is 1. The van der Waals surface area contributed by atoms with Crippen molar-refractivity contribution in [3.8, 4) is 0 Å². The van der Waals surface area contributed by atoms with Crippen LogP contribution in [0.5, 0.6) is 0 Å². The number of halogens is 1. The number of aryl methyl sites for hydroxylation is 2. The molecule has 4 rings (SSSR count). The first-order valence-electron chi connectivity index (χ1n) is 13.5. The molecule has 7 nitrogen and oxygen atoms in total. The van der Waals surface area contributed by atoms with Gasteiger partial charge in [-0.05, 0) is 61.4 Å². The van der Waals surface area contributed by atoms with Gasteiger partial charge in [0.1, 0.15) is 18.4 Å². The Morgan fingerprint density at radius 2 is 1.45 bits per heavy atom. The van der Waals surface area contributed by atoms with Crippen LogP contribution < -0.4 is 9.62 Å². The Morgan fingerprint density at radius 3 is 2.07 bits per heavy atom. The molecule has 0 unspecified atom stereocenters. The van der Waals surface area contributed by atoms with E-state index in [4.69, 9.17) is 0 Å². The van der Waals surface area contributed by atoms with Gasteiger partial charge in [0.25, 0.3) is 10.0 Å². The van der Waals surface area contributed by atoms with Crippen LogP contribution in [-0.4, -0.2) is 44.8 Å².